The van der Waals surface area contributed by atoms with Crippen molar-refractivity contribution in [2.24, 2.45) is 0 Å². The van der Waals surface area contributed by atoms with Crippen molar-refractivity contribution in [2.45, 2.75) is 44.6 Å². The van der Waals surface area contributed by atoms with Crippen LogP contribution >= 0.6 is 11.6 Å². The highest BCUT2D eigenvalue weighted by molar-refractivity contribution is 6.30. The molecule has 0 bridgehead atoms. The van der Waals surface area contributed by atoms with Crippen molar-refractivity contribution in [1.82, 2.24) is 9.97 Å². The van der Waals surface area contributed by atoms with Crippen LogP contribution in [0.3, 0.4) is 0 Å². The third-order valence-corrected chi connectivity index (χ3v) is 5.15. The number of fused-ring (bicyclic) bond motifs is 1. The summed E-state index contributed by atoms with van der Waals surface area (Å²) in [5.74, 6) is 1.69. The van der Waals surface area contributed by atoms with Crippen LogP contribution in [0.4, 0.5) is 5.82 Å². The fourth-order valence-electron chi connectivity index (χ4n) is 3.53. The highest BCUT2D eigenvalue weighted by Gasteiger charge is 2.15. The van der Waals surface area contributed by atoms with E-state index in [1.807, 2.05) is 36.4 Å². The van der Waals surface area contributed by atoms with Gasteiger partial charge in [-0.2, -0.15) is 0 Å². The van der Waals surface area contributed by atoms with Gasteiger partial charge in [0.25, 0.3) is 0 Å². The third-order valence-electron chi connectivity index (χ3n) is 4.90. The lowest BCUT2D eigenvalue weighted by atomic mass is 10.1. The molecule has 3 nitrogen and oxygen atoms in total. The number of nitrogens with zero attached hydrogens (tertiary/aromatic N) is 2. The standard InChI is InChI=1S/C21H22ClN3/c22-16-13-11-15(12-14-16)20-24-19-10-6-5-9-18(19)21(25-20)23-17-7-3-1-2-4-8-17/h5-6,9-14,17H,1-4,7-8H2,(H,23,24,25). The molecule has 4 heteroatoms. The Labute approximate surface area is 153 Å². The van der Waals surface area contributed by atoms with Crippen molar-refractivity contribution < 1.29 is 0 Å². The molecule has 128 valence electrons. The topological polar surface area (TPSA) is 37.8 Å². The highest BCUT2D eigenvalue weighted by Crippen LogP contribution is 2.28. The third kappa shape index (κ3) is 3.77. The van der Waals surface area contributed by atoms with Gasteiger partial charge in [0.2, 0.25) is 0 Å². The maximum atomic E-state index is 6.02. The molecule has 0 unspecified atom stereocenters. The van der Waals surface area contributed by atoms with E-state index in [1.54, 1.807) is 0 Å². The summed E-state index contributed by atoms with van der Waals surface area (Å²) < 4.78 is 0. The minimum Gasteiger partial charge on any atom is -0.367 e. The molecule has 1 fully saturated rings. The summed E-state index contributed by atoms with van der Waals surface area (Å²) in [6.07, 6.45) is 7.72. The second-order valence-electron chi connectivity index (χ2n) is 6.75. The van der Waals surface area contributed by atoms with Gasteiger partial charge in [0.1, 0.15) is 5.82 Å². The first-order valence-electron chi connectivity index (χ1n) is 9.09. The largest absolute Gasteiger partial charge is 0.367 e. The molecule has 25 heavy (non-hydrogen) atoms. The van der Waals surface area contributed by atoms with Gasteiger partial charge in [0.15, 0.2) is 5.82 Å². The lowest BCUT2D eigenvalue weighted by Gasteiger charge is -2.19. The van der Waals surface area contributed by atoms with Crippen molar-refractivity contribution >= 4 is 28.3 Å². The van der Waals surface area contributed by atoms with E-state index >= 15 is 0 Å². The van der Waals surface area contributed by atoms with E-state index < -0.39 is 0 Å². The van der Waals surface area contributed by atoms with E-state index in [9.17, 15) is 0 Å². The smallest absolute Gasteiger partial charge is 0.162 e. The summed E-state index contributed by atoms with van der Waals surface area (Å²) in [7, 11) is 0. The van der Waals surface area contributed by atoms with Crippen molar-refractivity contribution in [3.63, 3.8) is 0 Å². The summed E-state index contributed by atoms with van der Waals surface area (Å²) >= 11 is 6.02. The van der Waals surface area contributed by atoms with E-state index in [0.29, 0.717) is 6.04 Å². The van der Waals surface area contributed by atoms with Crippen LogP contribution < -0.4 is 5.32 Å². The Hall–Kier alpha value is -2.13. The van der Waals surface area contributed by atoms with E-state index in [1.165, 1.54) is 38.5 Å². The number of benzene rings is 2. The summed E-state index contributed by atoms with van der Waals surface area (Å²) in [6, 6.07) is 16.4. The number of hydrogen-bond donors (Lipinski definition) is 1. The number of nitrogens with one attached hydrogen (secondary N) is 1. The lowest BCUT2D eigenvalue weighted by Crippen LogP contribution is -2.19. The second kappa shape index (κ2) is 7.40. The highest BCUT2D eigenvalue weighted by atomic mass is 35.5. The molecule has 0 amide bonds. The van der Waals surface area contributed by atoms with Crippen LogP contribution in [-0.2, 0) is 0 Å². The Morgan fingerprint density at radius 2 is 1.56 bits per heavy atom. The minimum absolute atomic E-state index is 0.499. The predicted molar refractivity (Wildman–Crippen MR) is 105 cm³/mol. The summed E-state index contributed by atoms with van der Waals surface area (Å²) in [5.41, 5.74) is 1.96. The minimum atomic E-state index is 0.499. The number of halogens is 1. The molecule has 1 heterocycles. The molecule has 1 N–H and O–H groups in total. The average Bonchev–Trinajstić information content (AvgIpc) is 2.91. The van der Waals surface area contributed by atoms with Crippen LogP contribution in [0.1, 0.15) is 38.5 Å². The molecule has 1 aromatic heterocycles. The maximum Gasteiger partial charge on any atom is 0.162 e. The van der Waals surface area contributed by atoms with Crippen LogP contribution in [0, 0.1) is 0 Å². The van der Waals surface area contributed by atoms with E-state index in [-0.39, 0.29) is 0 Å². The molecular weight excluding hydrogens is 330 g/mol. The van der Waals surface area contributed by atoms with Gasteiger partial charge in [-0.05, 0) is 49.2 Å². The van der Waals surface area contributed by atoms with Gasteiger partial charge >= 0.3 is 0 Å². The molecule has 1 saturated carbocycles. The Kier molecular flexibility index (Phi) is 4.84. The predicted octanol–water partition coefficient (Wildman–Crippen LogP) is 6.08. The normalized spacial score (nSPS) is 15.9. The molecule has 2 aromatic carbocycles. The van der Waals surface area contributed by atoms with E-state index in [0.717, 1.165) is 33.1 Å². The number of para-hydroxylation sites is 1. The average molecular weight is 352 g/mol. The van der Waals surface area contributed by atoms with Gasteiger partial charge in [0.05, 0.1) is 5.52 Å². The van der Waals surface area contributed by atoms with Crippen LogP contribution in [0.5, 0.6) is 0 Å². The number of hydrogen-bond acceptors (Lipinski definition) is 3. The molecule has 1 aliphatic rings. The lowest BCUT2D eigenvalue weighted by molar-refractivity contribution is 0.618. The number of aromatic nitrogens is 2. The first-order chi connectivity index (χ1) is 12.3. The summed E-state index contributed by atoms with van der Waals surface area (Å²) in [5, 5.41) is 5.52. The molecule has 0 spiro atoms. The first-order valence-corrected chi connectivity index (χ1v) is 9.47. The van der Waals surface area contributed by atoms with Gasteiger partial charge < -0.3 is 5.32 Å². The number of anilines is 1. The van der Waals surface area contributed by atoms with Crippen LogP contribution in [0.15, 0.2) is 48.5 Å². The number of rotatable bonds is 3. The van der Waals surface area contributed by atoms with Gasteiger partial charge in [-0.3, -0.25) is 0 Å². The molecule has 0 radical (unpaired) electrons. The molecule has 1 aliphatic carbocycles. The second-order valence-corrected chi connectivity index (χ2v) is 7.19. The van der Waals surface area contributed by atoms with Crippen molar-refractivity contribution in [3.05, 3.63) is 53.6 Å². The molecule has 0 aliphatic heterocycles. The van der Waals surface area contributed by atoms with Crippen molar-refractivity contribution in [1.29, 1.82) is 0 Å². The molecule has 3 aromatic rings. The maximum absolute atomic E-state index is 6.02. The molecule has 0 saturated heterocycles. The van der Waals surface area contributed by atoms with Crippen LogP contribution in [0.25, 0.3) is 22.3 Å². The SMILES string of the molecule is Clc1ccc(-c2nc(NC3CCCCCC3)c3ccccc3n2)cc1. The van der Waals surface area contributed by atoms with Crippen molar-refractivity contribution in [3.8, 4) is 11.4 Å². The van der Waals surface area contributed by atoms with E-state index in [2.05, 4.69) is 17.4 Å². The van der Waals surface area contributed by atoms with E-state index in [4.69, 9.17) is 21.6 Å². The fourth-order valence-corrected chi connectivity index (χ4v) is 3.66. The fraction of sp³-hybridized carbons (Fsp3) is 0.333. The quantitative estimate of drug-likeness (QED) is 0.580. The Morgan fingerprint density at radius 1 is 0.840 bits per heavy atom. The Balaban J connectivity index is 1.74. The summed E-state index contributed by atoms with van der Waals surface area (Å²) in [4.78, 5) is 9.61. The van der Waals surface area contributed by atoms with Gasteiger partial charge in [0, 0.05) is 22.0 Å². The molecule has 0 atom stereocenters. The van der Waals surface area contributed by atoms with Crippen LogP contribution in [0.2, 0.25) is 5.02 Å². The van der Waals surface area contributed by atoms with Gasteiger partial charge in [-0.15, -0.1) is 0 Å². The van der Waals surface area contributed by atoms with Crippen LogP contribution in [-0.4, -0.2) is 16.0 Å². The van der Waals surface area contributed by atoms with Gasteiger partial charge in [-0.1, -0.05) is 49.4 Å². The first kappa shape index (κ1) is 16.3. The monoisotopic (exact) mass is 351 g/mol. The zero-order valence-corrected chi connectivity index (χ0v) is 15.0. The summed E-state index contributed by atoms with van der Waals surface area (Å²) in [6.45, 7) is 0. The van der Waals surface area contributed by atoms with Gasteiger partial charge in [-0.25, -0.2) is 9.97 Å². The van der Waals surface area contributed by atoms with Crippen molar-refractivity contribution in [2.75, 3.05) is 5.32 Å². The Bertz CT molecular complexity index is 853. The zero-order valence-electron chi connectivity index (χ0n) is 14.2. The molecule has 4 rings (SSSR count). The zero-order chi connectivity index (χ0) is 17.1. The molecular formula is C21H22ClN3. The Morgan fingerprint density at radius 3 is 2.32 bits per heavy atom.